The fourth-order valence-corrected chi connectivity index (χ4v) is 3.36. The minimum absolute atomic E-state index is 0.0542. The van der Waals surface area contributed by atoms with Crippen LogP contribution >= 0.6 is 0 Å². The molecule has 0 unspecified atom stereocenters. The van der Waals surface area contributed by atoms with Crippen LogP contribution in [0.3, 0.4) is 0 Å². The number of ether oxygens (including phenoxy) is 5. The molecule has 0 radical (unpaired) electrons. The van der Waals surface area contributed by atoms with Crippen molar-refractivity contribution < 1.29 is 54.3 Å². The highest BCUT2D eigenvalue weighted by molar-refractivity contribution is 5.50. The minimum Gasteiger partial charge on any atom is -0.497 e. The Bertz CT molecular complexity index is 727. The topological polar surface area (TPSA) is 168 Å². The summed E-state index contributed by atoms with van der Waals surface area (Å²) in [7, 11) is 1.58. The Kier molecular flexibility index (Phi) is 8.96. The third-order valence-electron chi connectivity index (χ3n) is 5.33. The van der Waals surface area contributed by atoms with Crippen LogP contribution in [-0.2, 0) is 18.9 Å². The van der Waals surface area contributed by atoms with E-state index in [4.69, 9.17) is 23.7 Å². The zero-order valence-electron chi connectivity index (χ0n) is 17.5. The van der Waals surface area contributed by atoms with Gasteiger partial charge in [-0.2, -0.15) is 0 Å². The van der Waals surface area contributed by atoms with E-state index in [0.29, 0.717) is 0 Å². The van der Waals surface area contributed by atoms with Gasteiger partial charge in [0.25, 0.3) is 0 Å². The van der Waals surface area contributed by atoms with E-state index in [1.165, 1.54) is 0 Å². The molecule has 2 aliphatic rings. The zero-order chi connectivity index (χ0) is 23.3. The van der Waals surface area contributed by atoms with Gasteiger partial charge in [-0.15, -0.1) is 0 Å². The van der Waals surface area contributed by atoms with Crippen LogP contribution < -0.4 is 4.74 Å². The summed E-state index contributed by atoms with van der Waals surface area (Å²) in [6.45, 7) is -0.527. The normalized spacial score (nSPS) is 38.2. The molecule has 0 aromatic heterocycles. The van der Waals surface area contributed by atoms with E-state index in [2.05, 4.69) is 0 Å². The molecule has 0 bridgehead atoms. The van der Waals surface area contributed by atoms with Crippen LogP contribution in [0, 0.1) is 0 Å². The van der Waals surface area contributed by atoms with E-state index >= 15 is 0 Å². The molecule has 0 spiro atoms. The monoisotopic (exact) mass is 458 g/mol. The SMILES string of the molecule is COc1ccc(/C=C/CO[C@@H]2O[C@H](CO[C@@H]3OC[C@H](O)[C@H](O)[C@H]3O)[C@@H](O)[C@H](O)[C@H]2O)cc1. The molecule has 180 valence electrons. The lowest BCUT2D eigenvalue weighted by atomic mass is 9.99. The van der Waals surface area contributed by atoms with Gasteiger partial charge in [0, 0.05) is 0 Å². The van der Waals surface area contributed by atoms with Crippen LogP contribution in [0.2, 0.25) is 0 Å². The van der Waals surface area contributed by atoms with Gasteiger partial charge >= 0.3 is 0 Å². The lowest BCUT2D eigenvalue weighted by molar-refractivity contribution is -0.319. The molecule has 0 aliphatic carbocycles. The van der Waals surface area contributed by atoms with Crippen molar-refractivity contribution in [3.8, 4) is 5.75 Å². The van der Waals surface area contributed by atoms with Crippen LogP contribution in [0.5, 0.6) is 5.75 Å². The van der Waals surface area contributed by atoms with Crippen molar-refractivity contribution in [2.45, 2.75) is 55.3 Å². The van der Waals surface area contributed by atoms with Crippen molar-refractivity contribution in [2.24, 2.45) is 0 Å². The molecule has 2 heterocycles. The third kappa shape index (κ3) is 6.02. The molecule has 11 heteroatoms. The molecule has 2 saturated heterocycles. The molecule has 1 aromatic rings. The van der Waals surface area contributed by atoms with Crippen molar-refractivity contribution in [1.82, 2.24) is 0 Å². The largest absolute Gasteiger partial charge is 0.497 e. The summed E-state index contributed by atoms with van der Waals surface area (Å²) < 4.78 is 26.6. The van der Waals surface area contributed by atoms with Crippen LogP contribution in [0.1, 0.15) is 5.56 Å². The number of benzene rings is 1. The van der Waals surface area contributed by atoms with Gasteiger partial charge in [-0.25, -0.2) is 0 Å². The fraction of sp³-hybridized carbons (Fsp3) is 0.619. The Morgan fingerprint density at radius 3 is 2.25 bits per heavy atom. The average Bonchev–Trinajstić information content (AvgIpc) is 2.80. The number of methoxy groups -OCH3 is 1. The Morgan fingerprint density at radius 2 is 1.56 bits per heavy atom. The fourth-order valence-electron chi connectivity index (χ4n) is 3.36. The molecule has 2 aliphatic heterocycles. The second-order valence-electron chi connectivity index (χ2n) is 7.61. The van der Waals surface area contributed by atoms with Crippen molar-refractivity contribution in [1.29, 1.82) is 0 Å². The number of rotatable bonds is 8. The predicted octanol–water partition coefficient (Wildman–Crippen LogP) is -2.01. The van der Waals surface area contributed by atoms with Gasteiger partial charge in [0.1, 0.15) is 48.5 Å². The highest BCUT2D eigenvalue weighted by atomic mass is 16.7. The first kappa shape index (κ1) is 25.0. The second kappa shape index (κ2) is 11.5. The van der Waals surface area contributed by atoms with Gasteiger partial charge < -0.3 is 54.3 Å². The maximum absolute atomic E-state index is 10.2. The number of hydrogen-bond acceptors (Lipinski definition) is 11. The first-order valence-electron chi connectivity index (χ1n) is 10.2. The summed E-state index contributed by atoms with van der Waals surface area (Å²) in [4.78, 5) is 0. The first-order chi connectivity index (χ1) is 15.3. The number of hydrogen-bond donors (Lipinski definition) is 6. The summed E-state index contributed by atoms with van der Waals surface area (Å²) >= 11 is 0. The minimum atomic E-state index is -1.56. The maximum atomic E-state index is 10.2. The summed E-state index contributed by atoms with van der Waals surface area (Å²) in [5, 5.41) is 59.6. The summed E-state index contributed by atoms with van der Waals surface area (Å²) in [6.07, 6.45) is -8.88. The highest BCUT2D eigenvalue weighted by Crippen LogP contribution is 2.24. The quantitative estimate of drug-likeness (QED) is 0.255. The van der Waals surface area contributed by atoms with E-state index in [-0.39, 0.29) is 19.8 Å². The van der Waals surface area contributed by atoms with Gasteiger partial charge in [-0.05, 0) is 17.7 Å². The Morgan fingerprint density at radius 1 is 0.875 bits per heavy atom. The van der Waals surface area contributed by atoms with Crippen molar-refractivity contribution in [3.05, 3.63) is 35.9 Å². The lowest BCUT2D eigenvalue weighted by Crippen LogP contribution is -2.60. The number of aliphatic hydroxyl groups excluding tert-OH is 6. The molecule has 6 N–H and O–H groups in total. The molecule has 1 aromatic carbocycles. The Labute approximate surface area is 185 Å². The van der Waals surface area contributed by atoms with Crippen LogP contribution in [0.25, 0.3) is 6.08 Å². The van der Waals surface area contributed by atoms with Crippen molar-refractivity contribution in [2.75, 3.05) is 26.9 Å². The molecule has 0 amide bonds. The molecular weight excluding hydrogens is 428 g/mol. The highest BCUT2D eigenvalue weighted by Gasteiger charge is 2.45. The van der Waals surface area contributed by atoms with Gasteiger partial charge in [-0.1, -0.05) is 24.3 Å². The first-order valence-corrected chi connectivity index (χ1v) is 10.2. The van der Waals surface area contributed by atoms with Gasteiger partial charge in [-0.3, -0.25) is 0 Å². The van der Waals surface area contributed by atoms with E-state index in [0.717, 1.165) is 11.3 Å². The smallest absolute Gasteiger partial charge is 0.187 e. The standard InChI is InChI=1S/C21H30O11/c1-28-12-6-4-11(5-7-12)3-2-8-29-21-19(27)17(25)16(24)14(32-21)10-31-20-18(26)15(23)13(22)9-30-20/h2-7,13-27H,8-10H2,1H3/b3-2+/t13-,14+,15-,16+,17-,18+,19+,20-,21+/m0/s1. The molecule has 2 fully saturated rings. The molecule has 3 rings (SSSR count). The molecular formula is C21H30O11. The zero-order valence-corrected chi connectivity index (χ0v) is 17.5. The predicted molar refractivity (Wildman–Crippen MR) is 108 cm³/mol. The molecule has 9 atom stereocenters. The van der Waals surface area contributed by atoms with Crippen molar-refractivity contribution in [3.63, 3.8) is 0 Å². The van der Waals surface area contributed by atoms with Crippen molar-refractivity contribution >= 4 is 6.08 Å². The molecule has 11 nitrogen and oxygen atoms in total. The molecule has 32 heavy (non-hydrogen) atoms. The summed E-state index contributed by atoms with van der Waals surface area (Å²) in [5.41, 5.74) is 0.902. The van der Waals surface area contributed by atoms with Crippen LogP contribution in [-0.4, -0.2) is 113 Å². The third-order valence-corrected chi connectivity index (χ3v) is 5.33. The van der Waals surface area contributed by atoms with E-state index in [1.54, 1.807) is 19.3 Å². The van der Waals surface area contributed by atoms with Gasteiger partial charge in [0.2, 0.25) is 0 Å². The van der Waals surface area contributed by atoms with E-state index in [1.807, 2.05) is 24.3 Å². The number of aliphatic hydroxyl groups is 6. The van der Waals surface area contributed by atoms with Gasteiger partial charge in [0.15, 0.2) is 12.6 Å². The second-order valence-corrected chi connectivity index (χ2v) is 7.61. The van der Waals surface area contributed by atoms with E-state index in [9.17, 15) is 30.6 Å². The maximum Gasteiger partial charge on any atom is 0.187 e. The average molecular weight is 458 g/mol. The van der Waals surface area contributed by atoms with Crippen LogP contribution in [0.4, 0.5) is 0 Å². The summed E-state index contributed by atoms with van der Waals surface area (Å²) in [5.74, 6) is 0.731. The molecule has 0 saturated carbocycles. The lowest BCUT2D eigenvalue weighted by Gasteiger charge is -2.41. The Balaban J connectivity index is 1.51. The van der Waals surface area contributed by atoms with Crippen LogP contribution in [0.15, 0.2) is 30.3 Å². The summed E-state index contributed by atoms with van der Waals surface area (Å²) in [6, 6.07) is 7.33. The Hall–Kier alpha value is -1.64. The van der Waals surface area contributed by atoms with E-state index < -0.39 is 55.3 Å². The van der Waals surface area contributed by atoms with Gasteiger partial charge in [0.05, 0.1) is 26.9 Å².